The maximum Gasteiger partial charge on any atom is 0.259 e. The van der Waals surface area contributed by atoms with Crippen LogP contribution in [0.4, 0.5) is 5.69 Å². The summed E-state index contributed by atoms with van der Waals surface area (Å²) in [5.74, 6) is 1.68. The lowest BCUT2D eigenvalue weighted by molar-refractivity contribution is 0.102. The number of nitrogens with one attached hydrogen (secondary N) is 1. The summed E-state index contributed by atoms with van der Waals surface area (Å²) in [6.07, 6.45) is 1.56. The van der Waals surface area contributed by atoms with Crippen LogP contribution in [0.5, 0.6) is 34.5 Å². The highest BCUT2D eigenvalue weighted by Gasteiger charge is 2.34. The fourth-order valence-electron chi connectivity index (χ4n) is 4.36. The van der Waals surface area contributed by atoms with Gasteiger partial charge >= 0.3 is 0 Å². The Morgan fingerprint density at radius 1 is 0.914 bits per heavy atom. The van der Waals surface area contributed by atoms with Crippen LogP contribution < -0.4 is 24.3 Å². The molecule has 0 bridgehead atoms. The molecule has 0 spiro atoms. The van der Waals surface area contributed by atoms with Crippen LogP contribution in [0, 0.1) is 6.92 Å². The van der Waals surface area contributed by atoms with Crippen molar-refractivity contribution in [2.24, 2.45) is 0 Å². The molecule has 35 heavy (non-hydrogen) atoms. The highest BCUT2D eigenvalue weighted by Crippen LogP contribution is 2.44. The number of hydrogen-bond donors (Lipinski definition) is 1. The first-order chi connectivity index (χ1) is 16.9. The molecule has 6 rings (SSSR count). The molecule has 3 aliphatic rings. The standard InChI is InChI=1S/C25H22N2O7S/c1-15-4-6-19-18(10-15)26-25(28)17-12-24(35(29,30)27-8-2-3-9-27)23(13-21(17)34-19)33-16-5-7-20-22(11-16)32-14-31-20/h4-7,10-13H,2-3,8-9,14H2,1H3,(H,26,28). The second-order valence-electron chi connectivity index (χ2n) is 8.58. The summed E-state index contributed by atoms with van der Waals surface area (Å²) >= 11 is 0. The number of carbonyl (C=O) groups excluding carboxylic acids is 1. The van der Waals surface area contributed by atoms with Crippen molar-refractivity contribution in [2.45, 2.75) is 24.7 Å². The zero-order valence-corrected chi connectivity index (χ0v) is 19.7. The van der Waals surface area contributed by atoms with Gasteiger partial charge in [0.2, 0.25) is 16.8 Å². The smallest absolute Gasteiger partial charge is 0.259 e. The molecule has 1 amide bonds. The number of amides is 1. The Labute approximate surface area is 202 Å². The Hall–Kier alpha value is -3.76. The Morgan fingerprint density at radius 3 is 2.51 bits per heavy atom. The first-order valence-electron chi connectivity index (χ1n) is 11.2. The van der Waals surface area contributed by atoms with Gasteiger partial charge in [-0.1, -0.05) is 6.07 Å². The van der Waals surface area contributed by atoms with E-state index in [2.05, 4.69) is 5.32 Å². The summed E-state index contributed by atoms with van der Waals surface area (Å²) in [6.45, 7) is 2.84. The molecule has 1 N–H and O–H groups in total. The molecular weight excluding hydrogens is 472 g/mol. The lowest BCUT2D eigenvalue weighted by Gasteiger charge is -2.20. The van der Waals surface area contributed by atoms with Gasteiger partial charge in [0.05, 0.1) is 11.3 Å². The van der Waals surface area contributed by atoms with Gasteiger partial charge in [0.25, 0.3) is 5.91 Å². The van der Waals surface area contributed by atoms with Crippen molar-refractivity contribution in [3.8, 4) is 34.5 Å². The summed E-state index contributed by atoms with van der Waals surface area (Å²) in [7, 11) is -3.93. The zero-order chi connectivity index (χ0) is 24.2. The highest BCUT2D eigenvalue weighted by molar-refractivity contribution is 7.89. The maximum atomic E-state index is 13.6. The average molecular weight is 495 g/mol. The zero-order valence-electron chi connectivity index (χ0n) is 18.9. The second kappa shape index (κ2) is 8.17. The summed E-state index contributed by atoms with van der Waals surface area (Å²) in [6, 6.07) is 13.2. The number of nitrogens with zero attached hydrogens (tertiary/aromatic N) is 1. The van der Waals surface area contributed by atoms with Crippen molar-refractivity contribution < 1.29 is 32.2 Å². The van der Waals surface area contributed by atoms with E-state index in [0.29, 0.717) is 41.8 Å². The summed E-state index contributed by atoms with van der Waals surface area (Å²) in [5.41, 5.74) is 1.56. The quantitative estimate of drug-likeness (QED) is 0.563. The summed E-state index contributed by atoms with van der Waals surface area (Å²) in [4.78, 5) is 13.0. The third-order valence-corrected chi connectivity index (χ3v) is 8.07. The van der Waals surface area contributed by atoms with Gasteiger partial charge < -0.3 is 24.3 Å². The van der Waals surface area contributed by atoms with E-state index in [1.165, 1.54) is 16.4 Å². The molecular formula is C25H22N2O7S. The SMILES string of the molecule is Cc1ccc2c(c1)NC(=O)c1cc(S(=O)(=O)N3CCCC3)c(Oc3ccc4c(c3)OCO4)cc1O2. The third kappa shape index (κ3) is 3.84. The van der Waals surface area contributed by atoms with E-state index in [1.807, 2.05) is 13.0 Å². The lowest BCUT2D eigenvalue weighted by Crippen LogP contribution is -2.28. The van der Waals surface area contributed by atoms with Crippen molar-refractivity contribution in [1.29, 1.82) is 0 Å². The molecule has 3 aromatic rings. The topological polar surface area (TPSA) is 103 Å². The van der Waals surface area contributed by atoms with Crippen molar-refractivity contribution in [3.63, 3.8) is 0 Å². The Morgan fingerprint density at radius 2 is 1.69 bits per heavy atom. The molecule has 0 unspecified atom stereocenters. The number of sulfonamides is 1. The second-order valence-corrected chi connectivity index (χ2v) is 10.5. The summed E-state index contributed by atoms with van der Waals surface area (Å²) < 4.78 is 51.5. The van der Waals surface area contributed by atoms with Gasteiger partial charge in [-0.15, -0.1) is 0 Å². The number of ether oxygens (including phenoxy) is 4. The first-order valence-corrected chi connectivity index (χ1v) is 12.7. The molecule has 0 aliphatic carbocycles. The van der Waals surface area contributed by atoms with E-state index >= 15 is 0 Å². The van der Waals surface area contributed by atoms with Crippen LogP contribution >= 0.6 is 0 Å². The Balaban J connectivity index is 1.48. The predicted octanol–water partition coefficient (Wildman–Crippen LogP) is 4.66. The van der Waals surface area contributed by atoms with Gasteiger partial charge in [0.15, 0.2) is 23.0 Å². The van der Waals surface area contributed by atoms with Gasteiger partial charge in [0, 0.05) is 25.2 Å². The Bertz CT molecular complexity index is 1460. The van der Waals surface area contributed by atoms with Crippen LogP contribution in [0.25, 0.3) is 0 Å². The highest BCUT2D eigenvalue weighted by atomic mass is 32.2. The van der Waals surface area contributed by atoms with Gasteiger partial charge in [-0.2, -0.15) is 4.31 Å². The number of hydrogen-bond acceptors (Lipinski definition) is 7. The van der Waals surface area contributed by atoms with Crippen molar-refractivity contribution in [1.82, 2.24) is 4.31 Å². The molecule has 3 aromatic carbocycles. The molecule has 0 atom stereocenters. The first kappa shape index (κ1) is 21.8. The number of aryl methyl sites for hydroxylation is 1. The van der Waals surface area contributed by atoms with Gasteiger partial charge in [-0.25, -0.2) is 8.42 Å². The van der Waals surface area contributed by atoms with E-state index in [-0.39, 0.29) is 28.8 Å². The van der Waals surface area contributed by atoms with Gasteiger partial charge in [-0.3, -0.25) is 4.79 Å². The molecule has 1 fully saturated rings. The molecule has 0 radical (unpaired) electrons. The minimum Gasteiger partial charge on any atom is -0.456 e. The van der Waals surface area contributed by atoms with E-state index in [1.54, 1.807) is 30.3 Å². The maximum absolute atomic E-state index is 13.6. The molecule has 9 nitrogen and oxygen atoms in total. The van der Waals surface area contributed by atoms with Crippen LogP contribution in [0.1, 0.15) is 28.8 Å². The minimum absolute atomic E-state index is 0.0536. The van der Waals surface area contributed by atoms with Crippen molar-refractivity contribution in [3.05, 3.63) is 59.7 Å². The van der Waals surface area contributed by atoms with Crippen LogP contribution in [0.15, 0.2) is 53.4 Å². The third-order valence-electron chi connectivity index (χ3n) is 6.15. The van der Waals surface area contributed by atoms with E-state index in [9.17, 15) is 13.2 Å². The van der Waals surface area contributed by atoms with E-state index < -0.39 is 15.9 Å². The molecule has 1 saturated heterocycles. The summed E-state index contributed by atoms with van der Waals surface area (Å²) in [5, 5.41) is 2.82. The lowest BCUT2D eigenvalue weighted by atomic mass is 10.1. The van der Waals surface area contributed by atoms with E-state index in [4.69, 9.17) is 18.9 Å². The molecule has 0 aromatic heterocycles. The number of rotatable bonds is 4. The number of benzene rings is 3. The number of carbonyl (C=O) groups is 1. The number of fused-ring (bicyclic) bond motifs is 3. The minimum atomic E-state index is -3.93. The van der Waals surface area contributed by atoms with E-state index in [0.717, 1.165) is 18.4 Å². The largest absolute Gasteiger partial charge is 0.456 e. The van der Waals surface area contributed by atoms with Gasteiger partial charge in [0.1, 0.15) is 16.4 Å². The fraction of sp³-hybridized carbons (Fsp3) is 0.240. The molecule has 180 valence electrons. The van der Waals surface area contributed by atoms with Crippen LogP contribution in [0.2, 0.25) is 0 Å². The van der Waals surface area contributed by atoms with Crippen LogP contribution in [0.3, 0.4) is 0 Å². The Kier molecular flexibility index (Phi) is 5.08. The van der Waals surface area contributed by atoms with Crippen LogP contribution in [-0.2, 0) is 10.0 Å². The van der Waals surface area contributed by atoms with Crippen molar-refractivity contribution in [2.75, 3.05) is 25.2 Å². The van der Waals surface area contributed by atoms with Gasteiger partial charge in [-0.05, 0) is 55.7 Å². The predicted molar refractivity (Wildman–Crippen MR) is 126 cm³/mol. The van der Waals surface area contributed by atoms with Crippen molar-refractivity contribution >= 4 is 21.6 Å². The van der Waals surface area contributed by atoms with Crippen LogP contribution in [-0.4, -0.2) is 38.5 Å². The fourth-order valence-corrected chi connectivity index (χ4v) is 6.00. The average Bonchev–Trinajstić information content (AvgIpc) is 3.51. The molecule has 3 aliphatic heterocycles. The molecule has 0 saturated carbocycles. The molecule has 10 heteroatoms. The number of anilines is 1. The molecule has 3 heterocycles. The monoisotopic (exact) mass is 494 g/mol. The normalized spacial score (nSPS) is 16.7.